The van der Waals surface area contributed by atoms with Crippen LogP contribution in [-0.4, -0.2) is 47.0 Å². The van der Waals surface area contributed by atoms with E-state index < -0.39 is 0 Å². The summed E-state index contributed by atoms with van der Waals surface area (Å²) in [5, 5.41) is 9.27. The van der Waals surface area contributed by atoms with Crippen LogP contribution < -0.4 is 16.2 Å². The number of aliphatic hydroxyl groups is 1. The van der Waals surface area contributed by atoms with Gasteiger partial charge in [0.05, 0.1) is 25.4 Å². The molecule has 2 heterocycles. The quantitative estimate of drug-likeness (QED) is 0.545. The average molecular weight is 281 g/mol. The molecule has 1 aromatic rings. The maximum absolute atomic E-state index is 9.27. The van der Waals surface area contributed by atoms with Crippen molar-refractivity contribution in [1.82, 2.24) is 9.97 Å². The number of anilines is 2. The summed E-state index contributed by atoms with van der Waals surface area (Å²) in [6.45, 7) is 7.33. The molecule has 4 N–H and O–H groups in total. The van der Waals surface area contributed by atoms with Crippen LogP contribution in [0.3, 0.4) is 0 Å². The number of ether oxygens (including phenoxy) is 1. The van der Waals surface area contributed by atoms with Crippen LogP contribution in [0.25, 0.3) is 0 Å². The highest BCUT2D eigenvalue weighted by atomic mass is 16.5. The molecular weight excluding hydrogens is 258 g/mol. The second kappa shape index (κ2) is 6.34. The van der Waals surface area contributed by atoms with Crippen molar-refractivity contribution in [2.24, 2.45) is 5.84 Å². The topological polar surface area (TPSA) is 96.5 Å². The van der Waals surface area contributed by atoms with Crippen LogP contribution in [-0.2, 0) is 4.74 Å². The maximum Gasteiger partial charge on any atom is 0.145 e. The first-order chi connectivity index (χ1) is 9.55. The van der Waals surface area contributed by atoms with Crippen LogP contribution in [0.1, 0.15) is 32.5 Å². The number of aliphatic hydroxyl groups excluding tert-OH is 1. The Morgan fingerprint density at radius 3 is 2.90 bits per heavy atom. The summed E-state index contributed by atoms with van der Waals surface area (Å²) in [5.74, 6) is 7.85. The summed E-state index contributed by atoms with van der Waals surface area (Å²) in [4.78, 5) is 11.1. The molecule has 0 bridgehead atoms. The molecule has 0 aliphatic carbocycles. The van der Waals surface area contributed by atoms with E-state index in [0.29, 0.717) is 19.0 Å². The van der Waals surface area contributed by atoms with E-state index in [4.69, 9.17) is 10.6 Å². The van der Waals surface area contributed by atoms with Crippen molar-refractivity contribution < 1.29 is 9.84 Å². The first-order valence-corrected chi connectivity index (χ1v) is 6.89. The van der Waals surface area contributed by atoms with Crippen molar-refractivity contribution in [3.8, 4) is 0 Å². The summed E-state index contributed by atoms with van der Waals surface area (Å²) in [7, 11) is 0. The van der Waals surface area contributed by atoms with Gasteiger partial charge in [0, 0.05) is 18.5 Å². The molecule has 2 atom stereocenters. The first kappa shape index (κ1) is 15.0. The Morgan fingerprint density at radius 2 is 2.30 bits per heavy atom. The number of morpholine rings is 1. The number of nitrogen functional groups attached to an aromatic ring is 1. The number of nitrogens with two attached hydrogens (primary N) is 1. The van der Waals surface area contributed by atoms with Crippen LogP contribution in [0, 0.1) is 0 Å². The molecule has 2 unspecified atom stereocenters. The van der Waals surface area contributed by atoms with E-state index in [-0.39, 0.29) is 24.7 Å². The van der Waals surface area contributed by atoms with Gasteiger partial charge in [-0.25, -0.2) is 15.8 Å². The minimum atomic E-state index is -0.182. The molecule has 0 amide bonds. The van der Waals surface area contributed by atoms with Gasteiger partial charge in [-0.05, 0) is 6.92 Å². The average Bonchev–Trinajstić information content (AvgIpc) is 2.47. The monoisotopic (exact) mass is 281 g/mol. The van der Waals surface area contributed by atoms with Gasteiger partial charge in [-0.1, -0.05) is 13.8 Å². The predicted octanol–water partition coefficient (Wildman–Crippen LogP) is 0.472. The molecule has 112 valence electrons. The fraction of sp³-hybridized carbons (Fsp3) is 0.692. The lowest BCUT2D eigenvalue weighted by molar-refractivity contribution is -0.0105. The van der Waals surface area contributed by atoms with Crippen LogP contribution in [0.15, 0.2) is 6.07 Å². The van der Waals surface area contributed by atoms with E-state index >= 15 is 0 Å². The van der Waals surface area contributed by atoms with Gasteiger partial charge in [-0.3, -0.25) is 0 Å². The molecule has 0 radical (unpaired) electrons. The molecule has 20 heavy (non-hydrogen) atoms. The number of rotatable bonds is 4. The van der Waals surface area contributed by atoms with E-state index in [1.165, 1.54) is 0 Å². The highest BCUT2D eigenvalue weighted by molar-refractivity contribution is 5.50. The Kier molecular flexibility index (Phi) is 4.74. The van der Waals surface area contributed by atoms with Gasteiger partial charge in [0.25, 0.3) is 0 Å². The third-order valence-electron chi connectivity index (χ3n) is 3.40. The zero-order valence-corrected chi connectivity index (χ0v) is 12.2. The molecule has 1 fully saturated rings. The smallest absolute Gasteiger partial charge is 0.145 e. The Morgan fingerprint density at radius 1 is 1.55 bits per heavy atom. The summed E-state index contributed by atoms with van der Waals surface area (Å²) in [6.07, 6.45) is -0.182. The number of aromatic nitrogens is 2. The van der Waals surface area contributed by atoms with Crippen LogP contribution in [0.2, 0.25) is 0 Å². The Hall–Kier alpha value is -1.44. The molecule has 0 saturated carbocycles. The third kappa shape index (κ3) is 3.17. The largest absolute Gasteiger partial charge is 0.394 e. The van der Waals surface area contributed by atoms with E-state index in [9.17, 15) is 5.11 Å². The fourth-order valence-electron chi connectivity index (χ4n) is 2.18. The molecule has 1 aromatic heterocycles. The fourth-order valence-corrected chi connectivity index (χ4v) is 2.18. The van der Waals surface area contributed by atoms with Gasteiger partial charge in [0.15, 0.2) is 0 Å². The van der Waals surface area contributed by atoms with Crippen molar-refractivity contribution >= 4 is 11.6 Å². The number of hydrogen-bond acceptors (Lipinski definition) is 7. The lowest BCUT2D eigenvalue weighted by atomic mass is 10.2. The van der Waals surface area contributed by atoms with E-state index in [1.807, 2.05) is 19.9 Å². The maximum atomic E-state index is 9.27. The minimum Gasteiger partial charge on any atom is -0.394 e. The predicted molar refractivity (Wildman–Crippen MR) is 77.6 cm³/mol. The van der Waals surface area contributed by atoms with Gasteiger partial charge in [0.2, 0.25) is 0 Å². The number of hydrogen-bond donors (Lipinski definition) is 3. The summed E-state index contributed by atoms with van der Waals surface area (Å²) in [6, 6.07) is 2.01. The van der Waals surface area contributed by atoms with Crippen LogP contribution >= 0.6 is 0 Å². The lowest BCUT2D eigenvalue weighted by Crippen LogP contribution is -2.50. The van der Waals surface area contributed by atoms with Crippen molar-refractivity contribution in [3.05, 3.63) is 11.9 Å². The molecule has 0 aromatic carbocycles. The lowest BCUT2D eigenvalue weighted by Gasteiger charge is -2.38. The summed E-state index contributed by atoms with van der Waals surface area (Å²) >= 11 is 0. The van der Waals surface area contributed by atoms with Crippen LogP contribution in [0.5, 0.6) is 0 Å². The zero-order chi connectivity index (χ0) is 14.7. The first-order valence-electron chi connectivity index (χ1n) is 6.89. The molecule has 2 rings (SSSR count). The number of nitrogens with zero attached hydrogens (tertiary/aromatic N) is 3. The van der Waals surface area contributed by atoms with Crippen molar-refractivity contribution in [2.75, 3.05) is 30.1 Å². The minimum absolute atomic E-state index is 0.00728. The van der Waals surface area contributed by atoms with E-state index in [0.717, 1.165) is 11.6 Å². The second-order valence-corrected chi connectivity index (χ2v) is 5.41. The molecule has 1 aliphatic heterocycles. The summed E-state index contributed by atoms with van der Waals surface area (Å²) in [5.41, 5.74) is 2.58. The summed E-state index contributed by atoms with van der Waals surface area (Å²) < 4.78 is 5.55. The molecule has 0 spiro atoms. The van der Waals surface area contributed by atoms with Gasteiger partial charge >= 0.3 is 0 Å². The number of hydrazine groups is 1. The molecule has 1 saturated heterocycles. The second-order valence-electron chi connectivity index (χ2n) is 5.41. The SMILES string of the molecule is CC(C)c1nc(NN)cc(N2CC(CO)OCC2C)n1. The normalized spacial score (nSPS) is 23.2. The van der Waals surface area contributed by atoms with Gasteiger partial charge < -0.3 is 20.2 Å². The number of nitrogens with one attached hydrogen (secondary N) is 1. The Bertz CT molecular complexity index is 454. The highest BCUT2D eigenvalue weighted by Gasteiger charge is 2.27. The molecule has 7 heteroatoms. The molecular formula is C13H23N5O2. The van der Waals surface area contributed by atoms with Crippen molar-refractivity contribution in [3.63, 3.8) is 0 Å². The highest BCUT2D eigenvalue weighted by Crippen LogP contribution is 2.24. The van der Waals surface area contributed by atoms with Crippen molar-refractivity contribution in [1.29, 1.82) is 0 Å². The standard InChI is InChI=1S/C13H23N5O2/c1-8(2)13-15-11(17-14)4-12(16-13)18-5-10(6-19)20-7-9(18)3/h4,8-10,19H,5-7,14H2,1-3H3,(H,15,16,17). The third-order valence-corrected chi connectivity index (χ3v) is 3.40. The zero-order valence-electron chi connectivity index (χ0n) is 12.2. The Labute approximate surface area is 119 Å². The van der Waals surface area contributed by atoms with Gasteiger partial charge in [-0.2, -0.15) is 0 Å². The molecule has 1 aliphatic rings. The van der Waals surface area contributed by atoms with E-state index in [1.54, 1.807) is 0 Å². The van der Waals surface area contributed by atoms with Gasteiger partial charge in [-0.15, -0.1) is 0 Å². The molecule has 7 nitrogen and oxygen atoms in total. The van der Waals surface area contributed by atoms with E-state index in [2.05, 4.69) is 27.2 Å². The van der Waals surface area contributed by atoms with Crippen molar-refractivity contribution in [2.45, 2.75) is 38.8 Å². The van der Waals surface area contributed by atoms with Crippen LogP contribution in [0.4, 0.5) is 11.6 Å². The van der Waals surface area contributed by atoms with Gasteiger partial charge in [0.1, 0.15) is 17.5 Å². The Balaban J connectivity index is 2.32.